The molecule has 1 saturated heterocycles. The molecule has 0 bridgehead atoms. The van der Waals surface area contributed by atoms with Gasteiger partial charge in [-0.15, -0.1) is 0 Å². The van der Waals surface area contributed by atoms with Crippen LogP contribution < -0.4 is 10.1 Å². The third kappa shape index (κ3) is 4.93. The maximum Gasteiger partial charge on any atom is 0.220 e. The summed E-state index contributed by atoms with van der Waals surface area (Å²) in [7, 11) is 1.67. The second-order valence-corrected chi connectivity index (χ2v) is 9.09. The molecule has 0 saturated carbocycles. The van der Waals surface area contributed by atoms with Gasteiger partial charge in [0.25, 0.3) is 0 Å². The third-order valence-electron chi connectivity index (χ3n) is 7.00. The number of hydrogen-bond acceptors (Lipinski definition) is 4. The number of carbonyl (C=O) groups excluding carboxylic acids is 1. The van der Waals surface area contributed by atoms with Crippen molar-refractivity contribution in [2.45, 2.75) is 31.1 Å². The molecule has 0 radical (unpaired) electrons. The fourth-order valence-corrected chi connectivity index (χ4v) is 4.96. The molecule has 5 rings (SSSR count). The Bertz CT molecular complexity index is 1280. The predicted molar refractivity (Wildman–Crippen MR) is 137 cm³/mol. The van der Waals surface area contributed by atoms with Crippen molar-refractivity contribution in [3.05, 3.63) is 90.3 Å². The molecule has 35 heavy (non-hydrogen) atoms. The van der Waals surface area contributed by atoms with Crippen molar-refractivity contribution in [3.63, 3.8) is 0 Å². The van der Waals surface area contributed by atoms with E-state index in [-0.39, 0.29) is 11.3 Å². The number of aryl methyl sites for hydroxylation is 1. The first-order valence-electron chi connectivity index (χ1n) is 12.2. The quantitative estimate of drug-likeness (QED) is 0.401. The van der Waals surface area contributed by atoms with Gasteiger partial charge in [0.15, 0.2) is 0 Å². The Hall–Kier alpha value is -3.64. The number of carbonyl (C=O) groups is 1. The number of hydrogen-bond donors (Lipinski definition) is 1. The molecule has 1 aromatic heterocycles. The number of benzene rings is 3. The van der Waals surface area contributed by atoms with Crippen molar-refractivity contribution in [1.29, 1.82) is 0 Å². The Kier molecular flexibility index (Phi) is 6.82. The molecule has 1 amide bonds. The Morgan fingerprint density at radius 1 is 1.00 bits per heavy atom. The number of imidazole rings is 1. The predicted octanol–water partition coefficient (Wildman–Crippen LogP) is 4.83. The molecule has 0 atom stereocenters. The van der Waals surface area contributed by atoms with Gasteiger partial charge in [0.2, 0.25) is 5.91 Å². The van der Waals surface area contributed by atoms with Gasteiger partial charge >= 0.3 is 0 Å². The molecule has 1 aliphatic rings. The van der Waals surface area contributed by atoms with E-state index in [1.165, 1.54) is 5.56 Å². The zero-order valence-corrected chi connectivity index (χ0v) is 20.1. The number of nitrogens with one attached hydrogen (secondary N) is 1. The summed E-state index contributed by atoms with van der Waals surface area (Å²) in [5.74, 6) is 1.76. The van der Waals surface area contributed by atoms with E-state index in [2.05, 4.69) is 40.2 Å². The number of aromatic nitrogens is 2. The van der Waals surface area contributed by atoms with Gasteiger partial charge < -0.3 is 14.8 Å². The minimum absolute atomic E-state index is 0.0380. The van der Waals surface area contributed by atoms with Crippen LogP contribution in [0.1, 0.15) is 30.7 Å². The van der Waals surface area contributed by atoms with E-state index in [1.807, 2.05) is 48.5 Å². The van der Waals surface area contributed by atoms with Gasteiger partial charge in [0.05, 0.1) is 18.1 Å². The number of rotatable bonds is 8. The summed E-state index contributed by atoms with van der Waals surface area (Å²) in [6, 6.07) is 26.5. The van der Waals surface area contributed by atoms with E-state index in [1.54, 1.807) is 7.11 Å². The maximum atomic E-state index is 13.0. The highest BCUT2D eigenvalue weighted by molar-refractivity contribution is 5.79. The number of amides is 1. The number of nitrogens with zero attached hydrogens (tertiary/aromatic N) is 2. The van der Waals surface area contributed by atoms with Gasteiger partial charge in [-0.3, -0.25) is 9.36 Å². The van der Waals surface area contributed by atoms with Gasteiger partial charge in [0.1, 0.15) is 11.6 Å². The standard InChI is InChI=1S/C29H31N3O3/c1-34-24-13-11-22(12-14-24)29(17-19-35-20-18-29)21-30-28(33)16-15-27-31-25-9-5-6-10-26(25)32(27)23-7-3-2-4-8-23/h2-14H,15-21H2,1H3,(H,30,33). The van der Waals surface area contributed by atoms with Crippen molar-refractivity contribution >= 4 is 16.9 Å². The average molecular weight is 470 g/mol. The molecule has 1 N–H and O–H groups in total. The number of ether oxygens (including phenoxy) is 2. The van der Waals surface area contributed by atoms with E-state index in [9.17, 15) is 4.79 Å². The molecular weight excluding hydrogens is 438 g/mol. The molecule has 0 spiro atoms. The normalized spacial score (nSPS) is 15.1. The second kappa shape index (κ2) is 10.3. The van der Waals surface area contributed by atoms with Crippen LogP contribution in [-0.2, 0) is 21.4 Å². The summed E-state index contributed by atoms with van der Waals surface area (Å²) in [4.78, 5) is 17.8. The summed E-state index contributed by atoms with van der Waals surface area (Å²) < 4.78 is 13.1. The maximum absolute atomic E-state index is 13.0. The van der Waals surface area contributed by atoms with Crippen LogP contribution in [0.15, 0.2) is 78.9 Å². The summed E-state index contributed by atoms with van der Waals surface area (Å²) in [5.41, 5.74) is 4.13. The second-order valence-electron chi connectivity index (χ2n) is 9.09. The van der Waals surface area contributed by atoms with E-state index in [0.29, 0.717) is 32.6 Å². The van der Waals surface area contributed by atoms with Crippen molar-refractivity contribution in [2.75, 3.05) is 26.9 Å². The summed E-state index contributed by atoms with van der Waals surface area (Å²) in [6.07, 6.45) is 2.70. The zero-order valence-electron chi connectivity index (χ0n) is 20.1. The first-order chi connectivity index (χ1) is 17.2. The zero-order chi connectivity index (χ0) is 24.1. The lowest BCUT2D eigenvalue weighted by molar-refractivity contribution is -0.121. The van der Waals surface area contributed by atoms with Crippen molar-refractivity contribution in [2.24, 2.45) is 0 Å². The topological polar surface area (TPSA) is 65.4 Å². The Balaban J connectivity index is 1.30. The minimum atomic E-state index is -0.128. The average Bonchev–Trinajstić information content (AvgIpc) is 3.30. The van der Waals surface area contributed by atoms with E-state index >= 15 is 0 Å². The monoisotopic (exact) mass is 469 g/mol. The molecule has 6 nitrogen and oxygen atoms in total. The molecule has 1 fully saturated rings. The Morgan fingerprint density at radius 2 is 1.71 bits per heavy atom. The van der Waals surface area contributed by atoms with Crippen molar-refractivity contribution in [1.82, 2.24) is 14.9 Å². The Morgan fingerprint density at radius 3 is 2.46 bits per heavy atom. The van der Waals surface area contributed by atoms with Gasteiger partial charge in [0, 0.05) is 43.7 Å². The molecule has 0 aliphatic carbocycles. The van der Waals surface area contributed by atoms with E-state index in [0.717, 1.165) is 41.1 Å². The van der Waals surface area contributed by atoms with E-state index in [4.69, 9.17) is 14.5 Å². The van der Waals surface area contributed by atoms with Gasteiger partial charge in [-0.2, -0.15) is 0 Å². The van der Waals surface area contributed by atoms with Crippen LogP contribution in [0.2, 0.25) is 0 Å². The SMILES string of the molecule is COc1ccc(C2(CNC(=O)CCc3nc4ccccc4n3-c3ccccc3)CCOCC2)cc1. The van der Waals surface area contributed by atoms with E-state index < -0.39 is 0 Å². The van der Waals surface area contributed by atoms with Crippen LogP contribution in [-0.4, -0.2) is 42.3 Å². The van der Waals surface area contributed by atoms with Crippen LogP contribution in [0, 0.1) is 0 Å². The third-order valence-corrected chi connectivity index (χ3v) is 7.00. The molecular formula is C29H31N3O3. The van der Waals surface area contributed by atoms with Gasteiger partial charge in [-0.1, -0.05) is 42.5 Å². The first-order valence-corrected chi connectivity index (χ1v) is 12.2. The first kappa shape index (κ1) is 23.1. The highest BCUT2D eigenvalue weighted by Gasteiger charge is 2.35. The lowest BCUT2D eigenvalue weighted by Gasteiger charge is -2.38. The minimum Gasteiger partial charge on any atom is -0.497 e. The Labute approximate surface area is 205 Å². The number of fused-ring (bicyclic) bond motifs is 1. The lowest BCUT2D eigenvalue weighted by Crippen LogP contribution is -2.44. The number of methoxy groups -OCH3 is 1. The van der Waals surface area contributed by atoms with Crippen LogP contribution in [0.3, 0.4) is 0 Å². The largest absolute Gasteiger partial charge is 0.497 e. The summed E-state index contributed by atoms with van der Waals surface area (Å²) in [5, 5.41) is 3.22. The fraction of sp³-hybridized carbons (Fsp3) is 0.310. The fourth-order valence-electron chi connectivity index (χ4n) is 4.96. The molecule has 0 unspecified atom stereocenters. The molecule has 180 valence electrons. The van der Waals surface area contributed by atoms with Crippen molar-refractivity contribution < 1.29 is 14.3 Å². The van der Waals surface area contributed by atoms with Crippen molar-refractivity contribution in [3.8, 4) is 11.4 Å². The van der Waals surface area contributed by atoms with Crippen LogP contribution in [0.4, 0.5) is 0 Å². The molecule has 1 aliphatic heterocycles. The van der Waals surface area contributed by atoms with Gasteiger partial charge in [-0.25, -0.2) is 4.98 Å². The molecule has 2 heterocycles. The highest BCUT2D eigenvalue weighted by atomic mass is 16.5. The highest BCUT2D eigenvalue weighted by Crippen LogP contribution is 2.35. The molecule has 4 aromatic rings. The number of para-hydroxylation sites is 3. The summed E-state index contributed by atoms with van der Waals surface area (Å²) in [6.45, 7) is 1.99. The smallest absolute Gasteiger partial charge is 0.220 e. The van der Waals surface area contributed by atoms with Gasteiger partial charge in [-0.05, 0) is 54.8 Å². The summed E-state index contributed by atoms with van der Waals surface area (Å²) >= 11 is 0. The lowest BCUT2D eigenvalue weighted by atomic mass is 9.74. The van der Waals surface area contributed by atoms with Crippen LogP contribution in [0.5, 0.6) is 5.75 Å². The molecule has 3 aromatic carbocycles. The van der Waals surface area contributed by atoms with Crippen LogP contribution >= 0.6 is 0 Å². The molecule has 6 heteroatoms. The van der Waals surface area contributed by atoms with Crippen LogP contribution in [0.25, 0.3) is 16.7 Å².